The fourth-order valence-electron chi connectivity index (χ4n) is 2.18. The number of amides is 2. The lowest BCUT2D eigenvalue weighted by molar-refractivity contribution is -0.115. The third-order valence-corrected chi connectivity index (χ3v) is 4.23. The predicted molar refractivity (Wildman–Crippen MR) is 95.8 cm³/mol. The molecule has 0 radical (unpaired) electrons. The van der Waals surface area contributed by atoms with Crippen LogP contribution in [0.2, 0.25) is 0 Å². The summed E-state index contributed by atoms with van der Waals surface area (Å²) in [6.45, 7) is 0.119. The molecule has 2 aromatic carbocycles. The summed E-state index contributed by atoms with van der Waals surface area (Å²) in [5.41, 5.74) is 1.98. The van der Waals surface area contributed by atoms with E-state index in [0.717, 1.165) is 22.9 Å². The van der Waals surface area contributed by atoms with Crippen molar-refractivity contribution in [3.05, 3.63) is 70.6 Å². The van der Waals surface area contributed by atoms with Crippen molar-refractivity contribution >= 4 is 34.7 Å². The molecule has 1 saturated heterocycles. The molecule has 2 aromatic rings. The predicted octanol–water partition coefficient (Wildman–Crippen LogP) is 3.27. The fraction of sp³-hybridized carbons (Fsp3) is 0.0556. The first-order chi connectivity index (χ1) is 12.2. The standard InChI is InChI=1S/C18H14N2O4S/c21-17-16(25-18(22)19-17)10-12-6-8-14(9-7-12)24-11-15(20-23)13-4-2-1-3-5-13/h1-10,23H,11H2,(H,19,21,22)/b16-10+,20-15+. The van der Waals surface area contributed by atoms with Crippen molar-refractivity contribution in [3.8, 4) is 5.75 Å². The van der Waals surface area contributed by atoms with Crippen molar-refractivity contribution < 1.29 is 19.5 Å². The van der Waals surface area contributed by atoms with Gasteiger partial charge in [0.1, 0.15) is 18.1 Å². The highest BCUT2D eigenvalue weighted by Gasteiger charge is 2.24. The largest absolute Gasteiger partial charge is 0.487 e. The molecule has 1 fully saturated rings. The molecule has 0 aliphatic carbocycles. The number of carbonyl (C=O) groups is 2. The molecule has 6 nitrogen and oxygen atoms in total. The van der Waals surface area contributed by atoms with Crippen molar-refractivity contribution in [2.24, 2.45) is 5.16 Å². The minimum Gasteiger partial charge on any atom is -0.487 e. The van der Waals surface area contributed by atoms with Gasteiger partial charge in [-0.15, -0.1) is 0 Å². The van der Waals surface area contributed by atoms with Crippen LogP contribution < -0.4 is 10.1 Å². The van der Waals surface area contributed by atoms with E-state index in [1.165, 1.54) is 0 Å². The molecule has 1 heterocycles. The Morgan fingerprint density at radius 1 is 1.12 bits per heavy atom. The van der Waals surface area contributed by atoms with Gasteiger partial charge in [-0.2, -0.15) is 0 Å². The normalized spacial score (nSPS) is 16.2. The molecule has 2 N–H and O–H groups in total. The van der Waals surface area contributed by atoms with Crippen LogP contribution in [-0.2, 0) is 4.79 Å². The summed E-state index contributed by atoms with van der Waals surface area (Å²) >= 11 is 0.874. The SMILES string of the molecule is O=C1NC(=O)/C(=C\c2ccc(OC/C(=N\O)c3ccccc3)cc2)S1. The molecule has 126 valence electrons. The number of thioether (sulfide) groups is 1. The van der Waals surface area contributed by atoms with E-state index in [0.29, 0.717) is 16.4 Å². The quantitative estimate of drug-likeness (QED) is 0.372. The van der Waals surface area contributed by atoms with Crippen molar-refractivity contribution in [1.29, 1.82) is 0 Å². The molecule has 25 heavy (non-hydrogen) atoms. The Bertz CT molecular complexity index is 845. The number of oxime groups is 1. The van der Waals surface area contributed by atoms with E-state index in [2.05, 4.69) is 10.5 Å². The number of carbonyl (C=O) groups excluding carboxylic acids is 2. The van der Waals surface area contributed by atoms with Crippen LogP contribution in [0.15, 0.2) is 64.7 Å². The van der Waals surface area contributed by atoms with Gasteiger partial charge in [-0.05, 0) is 35.5 Å². The molecular formula is C18H14N2O4S. The molecule has 1 aliphatic rings. The maximum absolute atomic E-state index is 11.5. The summed E-state index contributed by atoms with van der Waals surface area (Å²) in [5.74, 6) is 0.209. The van der Waals surface area contributed by atoms with Crippen LogP contribution in [0.4, 0.5) is 4.79 Å². The van der Waals surface area contributed by atoms with E-state index in [-0.39, 0.29) is 17.8 Å². The zero-order chi connectivity index (χ0) is 17.6. The first-order valence-electron chi connectivity index (χ1n) is 7.40. The Morgan fingerprint density at radius 3 is 2.44 bits per heavy atom. The van der Waals surface area contributed by atoms with Crippen LogP contribution in [0.3, 0.4) is 0 Å². The Morgan fingerprint density at radius 2 is 1.84 bits per heavy atom. The first-order valence-corrected chi connectivity index (χ1v) is 8.21. The van der Waals surface area contributed by atoms with Crippen LogP contribution >= 0.6 is 11.8 Å². The van der Waals surface area contributed by atoms with E-state index in [4.69, 9.17) is 9.94 Å². The van der Waals surface area contributed by atoms with Gasteiger partial charge >= 0.3 is 0 Å². The van der Waals surface area contributed by atoms with Crippen molar-refractivity contribution in [3.63, 3.8) is 0 Å². The number of imide groups is 1. The average molecular weight is 354 g/mol. The van der Waals surface area contributed by atoms with Gasteiger partial charge in [0.25, 0.3) is 11.1 Å². The van der Waals surface area contributed by atoms with Crippen LogP contribution in [0.1, 0.15) is 11.1 Å². The first kappa shape index (κ1) is 16.8. The van der Waals surface area contributed by atoms with E-state index < -0.39 is 0 Å². The van der Waals surface area contributed by atoms with Crippen molar-refractivity contribution in [2.45, 2.75) is 0 Å². The minimum absolute atomic E-state index is 0.119. The van der Waals surface area contributed by atoms with E-state index in [1.807, 2.05) is 30.3 Å². The van der Waals surface area contributed by atoms with Crippen LogP contribution in [-0.4, -0.2) is 28.7 Å². The fourth-order valence-corrected chi connectivity index (χ4v) is 2.87. The summed E-state index contributed by atoms with van der Waals surface area (Å²) in [7, 11) is 0. The maximum Gasteiger partial charge on any atom is 0.290 e. The van der Waals surface area contributed by atoms with Crippen LogP contribution in [0, 0.1) is 0 Å². The van der Waals surface area contributed by atoms with Gasteiger partial charge in [-0.3, -0.25) is 14.9 Å². The Hall–Kier alpha value is -3.06. The zero-order valence-electron chi connectivity index (χ0n) is 13.0. The van der Waals surface area contributed by atoms with E-state index in [9.17, 15) is 9.59 Å². The molecule has 7 heteroatoms. The van der Waals surface area contributed by atoms with Crippen molar-refractivity contribution in [1.82, 2.24) is 5.32 Å². The molecule has 0 spiro atoms. The van der Waals surface area contributed by atoms with Gasteiger partial charge in [0.05, 0.1) is 4.91 Å². The molecule has 0 unspecified atom stereocenters. The number of ether oxygens (including phenoxy) is 1. The lowest BCUT2D eigenvalue weighted by Crippen LogP contribution is -2.17. The molecule has 0 bridgehead atoms. The topological polar surface area (TPSA) is 88.0 Å². The van der Waals surface area contributed by atoms with E-state index >= 15 is 0 Å². The molecule has 3 rings (SSSR count). The summed E-state index contributed by atoms with van der Waals surface area (Å²) in [6, 6.07) is 16.3. The zero-order valence-corrected chi connectivity index (χ0v) is 13.8. The van der Waals surface area contributed by atoms with Crippen LogP contribution in [0.25, 0.3) is 6.08 Å². The Kier molecular flexibility index (Phi) is 5.15. The lowest BCUT2D eigenvalue weighted by Gasteiger charge is -2.08. The molecule has 0 saturated carbocycles. The molecular weight excluding hydrogens is 340 g/mol. The smallest absolute Gasteiger partial charge is 0.290 e. The molecule has 1 aliphatic heterocycles. The average Bonchev–Trinajstić information content (AvgIpc) is 2.95. The van der Waals surface area contributed by atoms with Gasteiger partial charge in [0, 0.05) is 5.56 Å². The number of hydrogen-bond acceptors (Lipinski definition) is 6. The van der Waals surface area contributed by atoms with Crippen molar-refractivity contribution in [2.75, 3.05) is 6.61 Å². The van der Waals surface area contributed by atoms with Gasteiger partial charge in [0.2, 0.25) is 0 Å². The monoisotopic (exact) mass is 354 g/mol. The van der Waals surface area contributed by atoms with E-state index in [1.54, 1.807) is 30.3 Å². The number of hydrogen-bond donors (Lipinski definition) is 2. The number of benzene rings is 2. The highest BCUT2D eigenvalue weighted by molar-refractivity contribution is 8.18. The molecule has 0 atom stereocenters. The lowest BCUT2D eigenvalue weighted by atomic mass is 10.1. The maximum atomic E-state index is 11.5. The molecule has 2 amide bonds. The number of nitrogens with zero attached hydrogens (tertiary/aromatic N) is 1. The second-order valence-electron chi connectivity index (χ2n) is 5.12. The molecule has 0 aromatic heterocycles. The summed E-state index contributed by atoms with van der Waals surface area (Å²) in [6.07, 6.45) is 1.64. The highest BCUT2D eigenvalue weighted by Crippen LogP contribution is 2.26. The third-order valence-electron chi connectivity index (χ3n) is 3.42. The summed E-state index contributed by atoms with van der Waals surface area (Å²) < 4.78 is 5.63. The number of rotatable bonds is 5. The number of nitrogens with one attached hydrogen (secondary N) is 1. The highest BCUT2D eigenvalue weighted by atomic mass is 32.2. The second kappa shape index (κ2) is 7.67. The Labute approximate surface area is 148 Å². The van der Waals surface area contributed by atoms with Gasteiger partial charge < -0.3 is 9.94 Å². The second-order valence-corrected chi connectivity index (χ2v) is 6.14. The minimum atomic E-state index is -0.387. The third kappa shape index (κ3) is 4.27. The van der Waals surface area contributed by atoms with Gasteiger partial charge in [0.15, 0.2) is 0 Å². The summed E-state index contributed by atoms with van der Waals surface area (Å²) in [5, 5.41) is 14.3. The van der Waals surface area contributed by atoms with Crippen LogP contribution in [0.5, 0.6) is 5.75 Å². The Balaban J connectivity index is 1.64. The van der Waals surface area contributed by atoms with Gasteiger partial charge in [-0.1, -0.05) is 47.6 Å². The van der Waals surface area contributed by atoms with Gasteiger partial charge in [-0.25, -0.2) is 0 Å². The summed E-state index contributed by atoms with van der Waals surface area (Å²) in [4.78, 5) is 23.0.